The third-order valence-electron chi connectivity index (χ3n) is 8.62. The van der Waals surface area contributed by atoms with E-state index in [1.165, 1.54) is 7.11 Å². The molecule has 2 amide bonds. The van der Waals surface area contributed by atoms with E-state index in [0.29, 0.717) is 47.0 Å². The Bertz CT molecular complexity index is 1590. The van der Waals surface area contributed by atoms with Crippen LogP contribution in [0.3, 0.4) is 0 Å². The number of benzene rings is 3. The molecule has 0 atom stereocenters. The predicted octanol–water partition coefficient (Wildman–Crippen LogP) is 5.34. The molecule has 3 aliphatic rings. The molecule has 3 aliphatic heterocycles. The molecule has 6 rings (SSSR count). The highest BCUT2D eigenvalue weighted by Crippen LogP contribution is 2.39. The number of anilines is 3. The maximum Gasteiger partial charge on any atom is 0.337 e. The van der Waals surface area contributed by atoms with Crippen molar-refractivity contribution >= 4 is 46.1 Å². The molecule has 3 heterocycles. The number of fused-ring (bicyclic) bond motifs is 2. The molecule has 0 bridgehead atoms. The van der Waals surface area contributed by atoms with Gasteiger partial charge in [0, 0.05) is 29.9 Å². The van der Waals surface area contributed by atoms with Crippen molar-refractivity contribution in [3.63, 3.8) is 0 Å². The summed E-state index contributed by atoms with van der Waals surface area (Å²) in [6.45, 7) is 4.82. The van der Waals surface area contributed by atoms with Crippen molar-refractivity contribution < 1.29 is 19.1 Å². The summed E-state index contributed by atoms with van der Waals surface area (Å²) in [4.78, 5) is 43.0. The number of carbonyl (C=O) groups is 3. The fraction of sp³-hybridized carbons (Fsp3) is 0.324. The first-order valence-corrected chi connectivity index (χ1v) is 14.5. The number of methoxy groups -OCH3 is 1. The smallest absolute Gasteiger partial charge is 0.337 e. The van der Waals surface area contributed by atoms with E-state index in [-0.39, 0.29) is 11.8 Å². The lowest BCUT2D eigenvalue weighted by Gasteiger charge is -2.29. The number of esters is 1. The van der Waals surface area contributed by atoms with Crippen molar-refractivity contribution in [3.05, 3.63) is 88.5 Å². The van der Waals surface area contributed by atoms with Gasteiger partial charge >= 0.3 is 5.97 Å². The van der Waals surface area contributed by atoms with Crippen molar-refractivity contribution in [1.29, 1.82) is 0 Å². The van der Waals surface area contributed by atoms with Gasteiger partial charge in [-0.3, -0.25) is 9.59 Å². The predicted molar refractivity (Wildman–Crippen MR) is 165 cm³/mol. The molecule has 0 saturated carbocycles. The Morgan fingerprint density at radius 3 is 2.45 bits per heavy atom. The number of rotatable bonds is 6. The van der Waals surface area contributed by atoms with Gasteiger partial charge in [-0.1, -0.05) is 35.9 Å². The zero-order valence-electron chi connectivity index (χ0n) is 24.3. The van der Waals surface area contributed by atoms with E-state index < -0.39 is 5.97 Å². The molecule has 0 spiro atoms. The normalized spacial score (nSPS) is 17.9. The van der Waals surface area contributed by atoms with Gasteiger partial charge in [0.15, 0.2) is 0 Å². The molecule has 216 valence electrons. The second-order valence-corrected chi connectivity index (χ2v) is 11.5. The second kappa shape index (κ2) is 11.4. The molecule has 0 unspecified atom stereocenters. The minimum atomic E-state index is -0.460. The van der Waals surface area contributed by atoms with Gasteiger partial charge < -0.3 is 25.2 Å². The number of aryl methyl sites for hydroxylation is 1. The quantitative estimate of drug-likeness (QED) is 0.311. The van der Waals surface area contributed by atoms with Gasteiger partial charge in [-0.25, -0.2) is 4.79 Å². The summed E-state index contributed by atoms with van der Waals surface area (Å²) >= 11 is 0. The van der Waals surface area contributed by atoms with Crippen LogP contribution >= 0.6 is 0 Å². The number of hydrogen-bond donors (Lipinski definition) is 2. The SMILES string of the molecule is COC(=O)c1ccc2c(c1)NC(=O)/C2=C(\Nc1ccc2c(c1)CCN2C(=O)CC1CCN(C)CC1)c1ccc(C)cc1. The van der Waals surface area contributed by atoms with E-state index in [2.05, 4.69) is 28.6 Å². The zero-order chi connectivity index (χ0) is 29.4. The monoisotopic (exact) mass is 564 g/mol. The van der Waals surface area contributed by atoms with Crippen LogP contribution < -0.4 is 15.5 Å². The Hall–Kier alpha value is -4.43. The van der Waals surface area contributed by atoms with Crippen molar-refractivity contribution in [2.75, 3.05) is 49.3 Å². The van der Waals surface area contributed by atoms with Crippen LogP contribution in [0.1, 0.15) is 51.9 Å². The highest BCUT2D eigenvalue weighted by molar-refractivity contribution is 6.37. The number of carbonyl (C=O) groups excluding carboxylic acids is 3. The molecule has 42 heavy (non-hydrogen) atoms. The van der Waals surface area contributed by atoms with Crippen LogP contribution in [-0.2, 0) is 20.7 Å². The Balaban J connectivity index is 1.30. The molecular formula is C34H36N4O4. The third-order valence-corrected chi connectivity index (χ3v) is 8.62. The lowest BCUT2D eigenvalue weighted by Crippen LogP contribution is -2.35. The number of likely N-dealkylation sites (tertiary alicyclic amines) is 1. The zero-order valence-corrected chi connectivity index (χ0v) is 24.3. The standard InChI is InChI=1S/C34H36N4O4/c1-21-4-6-23(7-5-21)32(31-27-10-8-25(34(41)42-3)20-28(27)36-33(31)40)35-26-9-11-29-24(19-26)14-17-38(29)30(39)18-22-12-15-37(2)16-13-22/h4-11,19-20,22,35H,12-18H2,1-3H3,(H,36,40)/b32-31-. The Kier molecular flexibility index (Phi) is 7.56. The van der Waals surface area contributed by atoms with Gasteiger partial charge in [-0.2, -0.15) is 0 Å². The fourth-order valence-electron chi connectivity index (χ4n) is 6.17. The summed E-state index contributed by atoms with van der Waals surface area (Å²) in [6, 6.07) is 19.2. The lowest BCUT2D eigenvalue weighted by atomic mass is 9.93. The molecule has 3 aromatic carbocycles. The average molecular weight is 565 g/mol. The summed E-state index contributed by atoms with van der Waals surface area (Å²) < 4.78 is 4.86. The molecule has 8 heteroatoms. The maximum atomic E-state index is 13.4. The Labute approximate surface area is 246 Å². The van der Waals surface area contributed by atoms with Crippen LogP contribution in [0.4, 0.5) is 17.1 Å². The summed E-state index contributed by atoms with van der Waals surface area (Å²) in [7, 11) is 3.47. The summed E-state index contributed by atoms with van der Waals surface area (Å²) in [5, 5.41) is 6.46. The number of nitrogens with zero attached hydrogens (tertiary/aromatic N) is 2. The molecule has 0 aromatic heterocycles. The second-order valence-electron chi connectivity index (χ2n) is 11.5. The largest absolute Gasteiger partial charge is 0.465 e. The fourth-order valence-corrected chi connectivity index (χ4v) is 6.17. The van der Waals surface area contributed by atoms with E-state index in [1.807, 2.05) is 48.2 Å². The molecule has 3 aromatic rings. The van der Waals surface area contributed by atoms with Gasteiger partial charge in [0.25, 0.3) is 5.91 Å². The highest BCUT2D eigenvalue weighted by atomic mass is 16.5. The minimum Gasteiger partial charge on any atom is -0.465 e. The molecule has 0 radical (unpaired) electrons. The first kappa shape index (κ1) is 27.7. The molecule has 0 aliphatic carbocycles. The van der Waals surface area contributed by atoms with Gasteiger partial charge in [-0.15, -0.1) is 0 Å². The van der Waals surface area contributed by atoms with Crippen LogP contribution in [0.2, 0.25) is 0 Å². The van der Waals surface area contributed by atoms with Crippen molar-refractivity contribution in [1.82, 2.24) is 4.90 Å². The van der Waals surface area contributed by atoms with Crippen molar-refractivity contribution in [2.45, 2.75) is 32.6 Å². The van der Waals surface area contributed by atoms with E-state index in [1.54, 1.807) is 18.2 Å². The third kappa shape index (κ3) is 5.42. The van der Waals surface area contributed by atoms with Gasteiger partial charge in [0.05, 0.1) is 29.6 Å². The molecule has 1 saturated heterocycles. The summed E-state index contributed by atoms with van der Waals surface area (Å²) in [6.07, 6.45) is 3.54. The minimum absolute atomic E-state index is 0.206. The number of ether oxygens (including phenoxy) is 1. The molecule has 1 fully saturated rings. The van der Waals surface area contributed by atoms with Crippen LogP contribution in [-0.4, -0.2) is 56.5 Å². The Morgan fingerprint density at radius 1 is 0.976 bits per heavy atom. The first-order chi connectivity index (χ1) is 20.3. The topological polar surface area (TPSA) is 91.0 Å². The summed E-state index contributed by atoms with van der Waals surface area (Å²) in [5.74, 6) is -0.0520. The number of hydrogen-bond acceptors (Lipinski definition) is 6. The van der Waals surface area contributed by atoms with E-state index in [0.717, 1.165) is 60.4 Å². The van der Waals surface area contributed by atoms with Gasteiger partial charge in [0.1, 0.15) is 0 Å². The Morgan fingerprint density at radius 2 is 1.71 bits per heavy atom. The van der Waals surface area contributed by atoms with Gasteiger partial charge in [-0.05, 0) is 93.7 Å². The van der Waals surface area contributed by atoms with Crippen LogP contribution in [0.15, 0.2) is 60.7 Å². The molecular weight excluding hydrogens is 528 g/mol. The first-order valence-electron chi connectivity index (χ1n) is 14.5. The highest BCUT2D eigenvalue weighted by Gasteiger charge is 2.31. The average Bonchev–Trinajstić information content (AvgIpc) is 3.56. The van der Waals surface area contributed by atoms with E-state index >= 15 is 0 Å². The molecule has 8 nitrogen and oxygen atoms in total. The van der Waals surface area contributed by atoms with Gasteiger partial charge in [0.2, 0.25) is 5.91 Å². The van der Waals surface area contributed by atoms with Crippen LogP contribution in [0, 0.1) is 12.8 Å². The van der Waals surface area contributed by atoms with E-state index in [4.69, 9.17) is 4.74 Å². The number of amides is 2. The van der Waals surface area contributed by atoms with Crippen molar-refractivity contribution in [2.24, 2.45) is 5.92 Å². The maximum absolute atomic E-state index is 13.4. The lowest BCUT2D eigenvalue weighted by molar-refractivity contribution is -0.119. The number of nitrogens with one attached hydrogen (secondary N) is 2. The van der Waals surface area contributed by atoms with Crippen LogP contribution in [0.25, 0.3) is 11.3 Å². The van der Waals surface area contributed by atoms with Crippen LogP contribution in [0.5, 0.6) is 0 Å². The van der Waals surface area contributed by atoms with Crippen molar-refractivity contribution in [3.8, 4) is 0 Å². The molecule has 2 N–H and O–H groups in total. The van der Waals surface area contributed by atoms with E-state index in [9.17, 15) is 14.4 Å². The number of piperidine rings is 1. The summed E-state index contributed by atoms with van der Waals surface area (Å²) in [5.41, 5.74) is 7.73.